The number of methoxy groups -OCH3 is 1. The summed E-state index contributed by atoms with van der Waals surface area (Å²) in [6.07, 6.45) is 4.31. The van der Waals surface area contributed by atoms with Crippen molar-refractivity contribution in [1.29, 1.82) is 0 Å². The first-order valence-corrected chi connectivity index (χ1v) is 8.58. The summed E-state index contributed by atoms with van der Waals surface area (Å²) in [5.41, 5.74) is 3.41. The fourth-order valence-corrected chi connectivity index (χ4v) is 3.44. The van der Waals surface area contributed by atoms with Crippen LogP contribution in [0.25, 0.3) is 10.9 Å². The molecule has 7 nitrogen and oxygen atoms in total. The van der Waals surface area contributed by atoms with E-state index in [0.717, 1.165) is 40.1 Å². The molecule has 4 rings (SSSR count). The van der Waals surface area contributed by atoms with Gasteiger partial charge in [0.2, 0.25) is 5.91 Å². The number of amides is 1. The Morgan fingerprint density at radius 3 is 2.92 bits per heavy atom. The van der Waals surface area contributed by atoms with E-state index in [9.17, 15) is 4.79 Å². The van der Waals surface area contributed by atoms with Gasteiger partial charge in [0.05, 0.1) is 19.0 Å². The number of nitrogens with one attached hydrogen (secondary N) is 1. The molecule has 1 unspecified atom stereocenters. The van der Waals surface area contributed by atoms with Gasteiger partial charge in [-0.2, -0.15) is 5.10 Å². The molecule has 1 atom stereocenters. The topological polar surface area (TPSA) is 72.3 Å². The molecule has 0 bridgehead atoms. The van der Waals surface area contributed by atoms with Crippen LogP contribution in [0.1, 0.15) is 12.1 Å². The number of carbonyl (C=O) groups is 1. The Morgan fingerprint density at radius 2 is 2.19 bits per heavy atom. The molecule has 1 aliphatic rings. The lowest BCUT2D eigenvalue weighted by molar-refractivity contribution is -0.117. The van der Waals surface area contributed by atoms with E-state index in [1.807, 2.05) is 44.4 Å². The minimum Gasteiger partial charge on any atom is -0.494 e. The van der Waals surface area contributed by atoms with Crippen molar-refractivity contribution in [3.63, 3.8) is 0 Å². The number of nitrogens with zero attached hydrogens (tertiary/aromatic N) is 4. The Labute approximate surface area is 151 Å². The van der Waals surface area contributed by atoms with Gasteiger partial charge in [0.1, 0.15) is 17.3 Å². The van der Waals surface area contributed by atoms with Gasteiger partial charge < -0.3 is 15.0 Å². The molecule has 0 aliphatic carbocycles. The van der Waals surface area contributed by atoms with E-state index in [2.05, 4.69) is 15.4 Å². The number of hydrogen-bond acceptors (Lipinski definition) is 5. The van der Waals surface area contributed by atoms with Crippen molar-refractivity contribution in [3.8, 4) is 5.75 Å². The molecule has 1 fully saturated rings. The summed E-state index contributed by atoms with van der Waals surface area (Å²) in [6, 6.07) is 7.52. The standard InChI is InChI=1S/C19H21N5O2/c1-12-9-16(14-5-4-6-17(26-3)18(14)21-12)22-15-7-8-24(19(15)25)13-10-20-23(2)11-13/h4-6,9-11,15H,7-8H2,1-3H3,(H,21,22). The third-order valence-corrected chi connectivity index (χ3v) is 4.69. The number of benzene rings is 1. The molecule has 0 radical (unpaired) electrons. The average molecular weight is 351 g/mol. The molecule has 2 aromatic heterocycles. The number of aryl methyl sites for hydroxylation is 2. The highest BCUT2D eigenvalue weighted by Crippen LogP contribution is 2.31. The van der Waals surface area contributed by atoms with Crippen LogP contribution < -0.4 is 15.0 Å². The predicted molar refractivity (Wildman–Crippen MR) is 101 cm³/mol. The molecule has 3 aromatic rings. The molecular formula is C19H21N5O2. The second kappa shape index (κ2) is 6.33. The molecule has 3 heterocycles. The molecule has 0 spiro atoms. The first-order chi connectivity index (χ1) is 12.6. The molecule has 26 heavy (non-hydrogen) atoms. The third kappa shape index (κ3) is 2.75. The van der Waals surface area contributed by atoms with Gasteiger partial charge in [0, 0.05) is 36.6 Å². The van der Waals surface area contributed by atoms with Crippen molar-refractivity contribution in [2.75, 3.05) is 23.9 Å². The van der Waals surface area contributed by atoms with Crippen LogP contribution in [-0.2, 0) is 11.8 Å². The summed E-state index contributed by atoms with van der Waals surface area (Å²) < 4.78 is 7.13. The fourth-order valence-electron chi connectivity index (χ4n) is 3.44. The van der Waals surface area contributed by atoms with Gasteiger partial charge in [0.15, 0.2) is 0 Å². The van der Waals surface area contributed by atoms with Gasteiger partial charge in [-0.05, 0) is 25.5 Å². The lowest BCUT2D eigenvalue weighted by Gasteiger charge is -2.18. The van der Waals surface area contributed by atoms with Crippen LogP contribution in [0.4, 0.5) is 11.4 Å². The summed E-state index contributed by atoms with van der Waals surface area (Å²) >= 11 is 0. The third-order valence-electron chi connectivity index (χ3n) is 4.69. The number of anilines is 2. The maximum atomic E-state index is 12.8. The highest BCUT2D eigenvalue weighted by molar-refractivity contribution is 6.03. The van der Waals surface area contributed by atoms with Gasteiger partial charge in [0.25, 0.3) is 0 Å². The molecule has 134 valence electrons. The zero-order chi connectivity index (χ0) is 18.3. The Bertz CT molecular complexity index is 981. The summed E-state index contributed by atoms with van der Waals surface area (Å²) in [6.45, 7) is 2.61. The van der Waals surface area contributed by atoms with Crippen LogP contribution in [0, 0.1) is 6.92 Å². The summed E-state index contributed by atoms with van der Waals surface area (Å²) in [4.78, 5) is 19.2. The van der Waals surface area contributed by atoms with E-state index < -0.39 is 0 Å². The molecular weight excluding hydrogens is 330 g/mol. The Kier molecular flexibility index (Phi) is 3.99. The quantitative estimate of drug-likeness (QED) is 0.782. The summed E-state index contributed by atoms with van der Waals surface area (Å²) in [5, 5.41) is 8.52. The Balaban J connectivity index is 1.65. The maximum absolute atomic E-state index is 12.8. The molecule has 1 aromatic carbocycles. The maximum Gasteiger partial charge on any atom is 0.249 e. The normalized spacial score (nSPS) is 17.1. The van der Waals surface area contributed by atoms with Crippen LogP contribution in [0.2, 0.25) is 0 Å². The van der Waals surface area contributed by atoms with Gasteiger partial charge in [-0.15, -0.1) is 0 Å². The lowest BCUT2D eigenvalue weighted by Crippen LogP contribution is -2.33. The lowest BCUT2D eigenvalue weighted by atomic mass is 10.1. The summed E-state index contributed by atoms with van der Waals surface area (Å²) in [7, 11) is 3.48. The largest absolute Gasteiger partial charge is 0.494 e. The van der Waals surface area contributed by atoms with Crippen molar-refractivity contribution in [1.82, 2.24) is 14.8 Å². The minimum absolute atomic E-state index is 0.0588. The van der Waals surface area contributed by atoms with Crippen LogP contribution in [-0.4, -0.2) is 40.4 Å². The second-order valence-electron chi connectivity index (χ2n) is 6.52. The molecule has 7 heteroatoms. The number of fused-ring (bicyclic) bond motifs is 1. The number of para-hydroxylation sites is 1. The van der Waals surface area contributed by atoms with Crippen molar-refractivity contribution in [2.45, 2.75) is 19.4 Å². The monoisotopic (exact) mass is 351 g/mol. The van der Waals surface area contributed by atoms with Crippen molar-refractivity contribution >= 4 is 28.2 Å². The molecule has 1 aliphatic heterocycles. The van der Waals surface area contributed by atoms with Crippen molar-refractivity contribution in [2.24, 2.45) is 7.05 Å². The number of ether oxygens (including phenoxy) is 1. The van der Waals surface area contributed by atoms with Crippen molar-refractivity contribution < 1.29 is 9.53 Å². The minimum atomic E-state index is -0.272. The van der Waals surface area contributed by atoms with E-state index in [-0.39, 0.29) is 11.9 Å². The van der Waals surface area contributed by atoms with Crippen LogP contribution >= 0.6 is 0 Å². The van der Waals surface area contributed by atoms with E-state index >= 15 is 0 Å². The predicted octanol–water partition coefficient (Wildman–Crippen LogP) is 2.50. The highest BCUT2D eigenvalue weighted by atomic mass is 16.5. The Hall–Kier alpha value is -3.09. The highest BCUT2D eigenvalue weighted by Gasteiger charge is 2.33. The van der Waals surface area contributed by atoms with Crippen LogP contribution in [0.15, 0.2) is 36.7 Å². The number of carbonyl (C=O) groups excluding carboxylic acids is 1. The second-order valence-corrected chi connectivity index (χ2v) is 6.52. The first kappa shape index (κ1) is 16.4. The van der Waals surface area contributed by atoms with Gasteiger partial charge in [-0.3, -0.25) is 9.48 Å². The Morgan fingerprint density at radius 1 is 1.35 bits per heavy atom. The van der Waals surface area contributed by atoms with Gasteiger partial charge >= 0.3 is 0 Å². The molecule has 1 N–H and O–H groups in total. The fraction of sp³-hybridized carbons (Fsp3) is 0.316. The van der Waals surface area contributed by atoms with Gasteiger partial charge in [-0.1, -0.05) is 12.1 Å². The molecule has 1 amide bonds. The number of aromatic nitrogens is 3. The van der Waals surface area contributed by atoms with Crippen molar-refractivity contribution in [3.05, 3.63) is 42.4 Å². The summed E-state index contributed by atoms with van der Waals surface area (Å²) in [5.74, 6) is 0.785. The zero-order valence-corrected chi connectivity index (χ0v) is 15.1. The van der Waals surface area contributed by atoms with E-state index in [1.165, 1.54) is 0 Å². The SMILES string of the molecule is COc1cccc2c(NC3CCN(c4cnn(C)c4)C3=O)cc(C)nc12. The molecule has 0 saturated carbocycles. The number of rotatable bonds is 4. The van der Waals surface area contributed by atoms with E-state index in [0.29, 0.717) is 6.54 Å². The van der Waals surface area contributed by atoms with E-state index in [1.54, 1.807) is 22.9 Å². The van der Waals surface area contributed by atoms with E-state index in [4.69, 9.17) is 4.74 Å². The number of hydrogen-bond donors (Lipinski definition) is 1. The smallest absolute Gasteiger partial charge is 0.249 e. The zero-order valence-electron chi connectivity index (χ0n) is 15.1. The van der Waals surface area contributed by atoms with Crippen LogP contribution in [0.5, 0.6) is 5.75 Å². The molecule has 1 saturated heterocycles. The number of pyridine rings is 1. The first-order valence-electron chi connectivity index (χ1n) is 8.58. The van der Waals surface area contributed by atoms with Crippen LogP contribution in [0.3, 0.4) is 0 Å². The average Bonchev–Trinajstić information content (AvgIpc) is 3.20. The van der Waals surface area contributed by atoms with Gasteiger partial charge in [-0.25, -0.2) is 4.98 Å².